The fourth-order valence-corrected chi connectivity index (χ4v) is 1.23. The second-order valence-corrected chi connectivity index (χ2v) is 4.42. The first kappa shape index (κ1) is 16.2. The summed E-state index contributed by atoms with van der Waals surface area (Å²) in [6.07, 6.45) is 0.726. The summed E-state index contributed by atoms with van der Waals surface area (Å²) in [6.45, 7) is 4.95. The summed E-state index contributed by atoms with van der Waals surface area (Å²) < 4.78 is 0. The zero-order chi connectivity index (χ0) is 14.3. The lowest BCUT2D eigenvalue weighted by Crippen LogP contribution is -2.51. The summed E-state index contributed by atoms with van der Waals surface area (Å²) in [5.41, 5.74) is 5.56. The van der Waals surface area contributed by atoms with Gasteiger partial charge < -0.3 is 15.8 Å². The van der Waals surface area contributed by atoms with Crippen LogP contribution < -0.4 is 16.4 Å². The average Bonchev–Trinajstić information content (AvgIpc) is 2.24. The minimum absolute atomic E-state index is 0.216. The van der Waals surface area contributed by atoms with Crippen LogP contribution in [0, 0.1) is 5.92 Å². The Morgan fingerprint density at radius 2 is 1.83 bits per heavy atom. The molecule has 0 aliphatic heterocycles. The third kappa shape index (κ3) is 6.09. The first-order valence-corrected chi connectivity index (χ1v) is 5.60. The molecule has 102 valence electrons. The molecule has 0 fully saturated rings. The zero-order valence-electron chi connectivity index (χ0n) is 10.7. The Labute approximate surface area is 105 Å². The summed E-state index contributed by atoms with van der Waals surface area (Å²) in [5.74, 6) is -0.942. The second kappa shape index (κ2) is 7.54. The quantitative estimate of drug-likeness (QED) is 0.431. The summed E-state index contributed by atoms with van der Waals surface area (Å²) in [5, 5.41) is 4.04. The largest absolute Gasteiger partial charge is 0.322 e. The fourth-order valence-electron chi connectivity index (χ4n) is 1.23. The van der Waals surface area contributed by atoms with E-state index in [1.807, 2.05) is 19.2 Å². The van der Waals surface area contributed by atoms with E-state index < -0.39 is 29.8 Å². The van der Waals surface area contributed by atoms with Crippen LogP contribution in [-0.2, 0) is 14.4 Å². The number of nitrogens with two attached hydrogens (primary N) is 1. The molecule has 0 aliphatic carbocycles. The Balaban J connectivity index is 4.27. The van der Waals surface area contributed by atoms with Gasteiger partial charge in [-0.3, -0.25) is 14.9 Å². The van der Waals surface area contributed by atoms with Crippen LogP contribution in [0.5, 0.6) is 0 Å². The van der Waals surface area contributed by atoms with E-state index in [2.05, 4.69) is 5.32 Å². The molecule has 3 amide bonds. The van der Waals surface area contributed by atoms with E-state index in [9.17, 15) is 19.2 Å². The lowest BCUT2D eigenvalue weighted by Gasteiger charge is -2.15. The molecule has 1 unspecified atom stereocenters. The van der Waals surface area contributed by atoms with Gasteiger partial charge in [-0.2, -0.15) is 0 Å². The van der Waals surface area contributed by atoms with Crippen molar-refractivity contribution in [2.75, 3.05) is 0 Å². The first-order valence-electron chi connectivity index (χ1n) is 5.60. The lowest BCUT2D eigenvalue weighted by molar-refractivity contribution is -0.124. The monoisotopic (exact) mass is 257 g/mol. The molecule has 0 rings (SSSR count). The highest BCUT2D eigenvalue weighted by atomic mass is 16.2. The molecule has 7 heteroatoms. The van der Waals surface area contributed by atoms with Gasteiger partial charge in [0, 0.05) is 0 Å². The van der Waals surface area contributed by atoms with Gasteiger partial charge in [0.25, 0.3) is 0 Å². The zero-order valence-corrected chi connectivity index (χ0v) is 10.7. The fraction of sp³-hybridized carbons (Fsp3) is 0.636. The smallest absolute Gasteiger partial charge is 0.321 e. The third-order valence-corrected chi connectivity index (χ3v) is 2.16. The molecule has 0 aliphatic rings. The van der Waals surface area contributed by atoms with Gasteiger partial charge in [0.2, 0.25) is 5.91 Å². The van der Waals surface area contributed by atoms with E-state index in [4.69, 9.17) is 5.73 Å². The number of hydrogen-bond donors (Lipinski definition) is 3. The van der Waals surface area contributed by atoms with E-state index in [1.54, 1.807) is 0 Å². The molecule has 2 atom stereocenters. The molecule has 7 nitrogen and oxygen atoms in total. The van der Waals surface area contributed by atoms with Crippen molar-refractivity contribution in [3.8, 4) is 0 Å². The van der Waals surface area contributed by atoms with Crippen molar-refractivity contribution in [2.24, 2.45) is 11.7 Å². The number of carbonyl (C=O) groups excluding carboxylic acids is 4. The standard InChI is InChI=1S/C11H19N3O4/c1-6(2)4-8(12)10(17)14-11(18)13-9(5-15)7(3)16/h5-6,8-9H,4,12H2,1-3H3,(H2,13,14,17,18)/t8-,9?/m1/s1. The number of nitrogens with one attached hydrogen (secondary N) is 2. The summed E-state index contributed by atoms with van der Waals surface area (Å²) >= 11 is 0. The van der Waals surface area contributed by atoms with Crippen LogP contribution in [0.25, 0.3) is 0 Å². The number of amides is 3. The van der Waals surface area contributed by atoms with Crippen molar-refractivity contribution in [3.63, 3.8) is 0 Å². The topological polar surface area (TPSA) is 118 Å². The number of urea groups is 1. The maximum Gasteiger partial charge on any atom is 0.322 e. The van der Waals surface area contributed by atoms with Gasteiger partial charge >= 0.3 is 6.03 Å². The molecule has 4 N–H and O–H groups in total. The molecule has 0 aromatic heterocycles. The Morgan fingerprint density at radius 1 is 1.28 bits per heavy atom. The van der Waals surface area contributed by atoms with Crippen LogP contribution in [0.2, 0.25) is 0 Å². The lowest BCUT2D eigenvalue weighted by atomic mass is 10.0. The van der Waals surface area contributed by atoms with Gasteiger partial charge in [0.15, 0.2) is 5.78 Å². The van der Waals surface area contributed by atoms with Gasteiger partial charge in [0.05, 0.1) is 6.04 Å². The summed E-state index contributed by atoms with van der Waals surface area (Å²) in [6, 6.07) is -2.96. The van der Waals surface area contributed by atoms with Crippen molar-refractivity contribution in [3.05, 3.63) is 0 Å². The van der Waals surface area contributed by atoms with Crippen molar-refractivity contribution in [1.29, 1.82) is 0 Å². The van der Waals surface area contributed by atoms with Crippen LogP contribution >= 0.6 is 0 Å². The van der Waals surface area contributed by atoms with E-state index in [0.29, 0.717) is 12.7 Å². The molecule has 0 heterocycles. The van der Waals surface area contributed by atoms with E-state index in [1.165, 1.54) is 0 Å². The van der Waals surface area contributed by atoms with Crippen molar-refractivity contribution in [2.45, 2.75) is 39.3 Å². The van der Waals surface area contributed by atoms with E-state index in [-0.39, 0.29) is 5.92 Å². The normalized spacial score (nSPS) is 13.6. The highest BCUT2D eigenvalue weighted by Gasteiger charge is 2.20. The van der Waals surface area contributed by atoms with Crippen LogP contribution in [0.4, 0.5) is 4.79 Å². The van der Waals surface area contributed by atoms with Gasteiger partial charge in [-0.15, -0.1) is 0 Å². The minimum atomic E-state index is -1.25. The molecule has 0 bridgehead atoms. The molecule has 0 spiro atoms. The van der Waals surface area contributed by atoms with Crippen molar-refractivity contribution >= 4 is 24.0 Å². The van der Waals surface area contributed by atoms with Crippen LogP contribution in [0.3, 0.4) is 0 Å². The molecular formula is C11H19N3O4. The SMILES string of the molecule is CC(=O)C(C=O)NC(=O)NC(=O)[C@H](N)CC(C)C. The molecule has 0 radical (unpaired) electrons. The maximum absolute atomic E-state index is 11.5. The Morgan fingerprint density at radius 3 is 2.22 bits per heavy atom. The Kier molecular flexibility index (Phi) is 6.81. The molecule has 0 aromatic rings. The Bertz CT molecular complexity index is 341. The third-order valence-electron chi connectivity index (χ3n) is 2.16. The number of imide groups is 1. The molecule has 0 saturated carbocycles. The number of hydrogen-bond acceptors (Lipinski definition) is 5. The average molecular weight is 257 g/mol. The number of aldehydes is 1. The maximum atomic E-state index is 11.5. The van der Waals surface area contributed by atoms with Crippen LogP contribution in [0.15, 0.2) is 0 Å². The van der Waals surface area contributed by atoms with E-state index in [0.717, 1.165) is 6.92 Å². The molecule has 18 heavy (non-hydrogen) atoms. The number of carbonyl (C=O) groups is 4. The Hall–Kier alpha value is -1.76. The van der Waals surface area contributed by atoms with Crippen LogP contribution in [0.1, 0.15) is 27.2 Å². The minimum Gasteiger partial charge on any atom is -0.321 e. The van der Waals surface area contributed by atoms with Gasteiger partial charge in [-0.05, 0) is 19.3 Å². The van der Waals surface area contributed by atoms with Crippen molar-refractivity contribution < 1.29 is 19.2 Å². The van der Waals surface area contributed by atoms with E-state index >= 15 is 0 Å². The predicted octanol–water partition coefficient (Wildman–Crippen LogP) is -0.658. The molecule has 0 saturated heterocycles. The first-order chi connectivity index (χ1) is 8.27. The number of Topliss-reactive ketones (excluding diaryl/α,β-unsaturated/α-hetero) is 1. The second-order valence-electron chi connectivity index (χ2n) is 4.42. The van der Waals surface area contributed by atoms with Gasteiger partial charge in [-0.1, -0.05) is 13.8 Å². The molecule has 0 aromatic carbocycles. The highest BCUT2D eigenvalue weighted by molar-refractivity contribution is 6.02. The van der Waals surface area contributed by atoms with Crippen molar-refractivity contribution in [1.82, 2.24) is 10.6 Å². The summed E-state index contributed by atoms with van der Waals surface area (Å²) in [7, 11) is 0. The molecular weight excluding hydrogens is 238 g/mol. The summed E-state index contributed by atoms with van der Waals surface area (Å²) in [4.78, 5) is 44.1. The number of rotatable bonds is 6. The number of ketones is 1. The van der Waals surface area contributed by atoms with Gasteiger partial charge in [-0.25, -0.2) is 4.79 Å². The van der Waals surface area contributed by atoms with Gasteiger partial charge in [0.1, 0.15) is 12.3 Å². The van der Waals surface area contributed by atoms with Crippen LogP contribution in [-0.4, -0.2) is 36.1 Å². The predicted molar refractivity (Wildman–Crippen MR) is 64.6 cm³/mol. The highest BCUT2D eigenvalue weighted by Crippen LogP contribution is 2.02.